The van der Waals surface area contributed by atoms with Crippen LogP contribution in [0.25, 0.3) is 0 Å². The maximum Gasteiger partial charge on any atom is 0.346 e. The lowest BCUT2D eigenvalue weighted by Crippen LogP contribution is -2.33. The van der Waals surface area contributed by atoms with Gasteiger partial charge < -0.3 is 10.3 Å². The van der Waals surface area contributed by atoms with Gasteiger partial charge in [0.2, 0.25) is 5.91 Å². The minimum atomic E-state index is -0.302. The standard InChI is InChI=1S/C14H19N3O2S/c18-12(15-9-4-1-2-5-9)8-20-13-10-6-3-7-11(10)16-14(19)17-13/h9H,1-8H2,(H,15,18)(H,16,17,19). The fourth-order valence-electron chi connectivity index (χ4n) is 3.03. The Bertz CT molecular complexity index is 564. The Kier molecular flexibility index (Phi) is 4.10. The van der Waals surface area contributed by atoms with Crippen molar-refractivity contribution in [1.29, 1.82) is 0 Å². The number of fused-ring (bicyclic) bond motifs is 1. The number of hydrogen-bond acceptors (Lipinski definition) is 4. The highest BCUT2D eigenvalue weighted by Crippen LogP contribution is 2.27. The lowest BCUT2D eigenvalue weighted by atomic mass is 10.2. The van der Waals surface area contributed by atoms with Gasteiger partial charge in [0, 0.05) is 17.3 Å². The fourth-order valence-corrected chi connectivity index (χ4v) is 3.93. The summed E-state index contributed by atoms with van der Waals surface area (Å²) in [5.41, 5.74) is 1.83. The highest BCUT2D eigenvalue weighted by atomic mass is 32.2. The first-order valence-corrected chi connectivity index (χ1v) is 8.25. The van der Waals surface area contributed by atoms with Gasteiger partial charge in [-0.25, -0.2) is 4.79 Å². The van der Waals surface area contributed by atoms with Crippen molar-refractivity contribution in [2.75, 3.05) is 5.75 Å². The summed E-state index contributed by atoms with van der Waals surface area (Å²) in [5.74, 6) is 0.398. The molecule has 0 bridgehead atoms. The summed E-state index contributed by atoms with van der Waals surface area (Å²) in [5, 5.41) is 3.80. The van der Waals surface area contributed by atoms with Gasteiger partial charge >= 0.3 is 5.69 Å². The normalized spacial score (nSPS) is 18.2. The van der Waals surface area contributed by atoms with Gasteiger partial charge in [-0.15, -0.1) is 0 Å². The van der Waals surface area contributed by atoms with Gasteiger partial charge in [-0.05, 0) is 32.1 Å². The number of nitrogens with one attached hydrogen (secondary N) is 2. The van der Waals surface area contributed by atoms with Gasteiger partial charge in [-0.3, -0.25) is 4.79 Å². The van der Waals surface area contributed by atoms with Crippen molar-refractivity contribution in [3.63, 3.8) is 0 Å². The maximum atomic E-state index is 11.9. The molecule has 0 atom stereocenters. The van der Waals surface area contributed by atoms with E-state index in [1.807, 2.05) is 0 Å². The summed E-state index contributed by atoms with van der Waals surface area (Å²) < 4.78 is 0. The van der Waals surface area contributed by atoms with Crippen LogP contribution >= 0.6 is 11.8 Å². The van der Waals surface area contributed by atoms with Crippen LogP contribution in [0.2, 0.25) is 0 Å². The third kappa shape index (κ3) is 3.06. The van der Waals surface area contributed by atoms with Gasteiger partial charge in [-0.1, -0.05) is 24.6 Å². The molecule has 108 valence electrons. The number of rotatable bonds is 4. The molecular formula is C14H19N3O2S. The summed E-state index contributed by atoms with van der Waals surface area (Å²) in [7, 11) is 0. The van der Waals surface area contributed by atoms with Gasteiger partial charge in [0.15, 0.2) is 0 Å². The number of carbonyl (C=O) groups excluding carboxylic acids is 1. The molecule has 0 spiro atoms. The summed E-state index contributed by atoms with van der Waals surface area (Å²) in [6.07, 6.45) is 7.52. The molecule has 1 fully saturated rings. The number of amides is 1. The monoisotopic (exact) mass is 293 g/mol. The number of hydrogen-bond donors (Lipinski definition) is 2. The van der Waals surface area contributed by atoms with Crippen LogP contribution in [0.4, 0.5) is 0 Å². The molecule has 5 nitrogen and oxygen atoms in total. The molecule has 0 saturated heterocycles. The van der Waals surface area contributed by atoms with E-state index >= 15 is 0 Å². The number of nitrogens with zero attached hydrogens (tertiary/aromatic N) is 1. The third-order valence-corrected chi connectivity index (χ3v) is 5.01. The Morgan fingerprint density at radius 3 is 2.90 bits per heavy atom. The largest absolute Gasteiger partial charge is 0.353 e. The number of carbonyl (C=O) groups is 1. The number of aromatic nitrogens is 2. The molecule has 0 unspecified atom stereocenters. The molecule has 1 aromatic heterocycles. The Morgan fingerprint density at radius 2 is 2.10 bits per heavy atom. The first-order valence-electron chi connectivity index (χ1n) is 7.26. The minimum Gasteiger partial charge on any atom is -0.353 e. The van der Waals surface area contributed by atoms with E-state index in [4.69, 9.17) is 0 Å². The first kappa shape index (κ1) is 13.7. The van der Waals surface area contributed by atoms with Crippen molar-refractivity contribution in [3.8, 4) is 0 Å². The average molecular weight is 293 g/mol. The summed E-state index contributed by atoms with van der Waals surface area (Å²) in [4.78, 5) is 30.2. The zero-order valence-electron chi connectivity index (χ0n) is 11.4. The molecule has 0 aliphatic heterocycles. The first-order chi connectivity index (χ1) is 9.72. The van der Waals surface area contributed by atoms with Crippen LogP contribution in [-0.2, 0) is 17.6 Å². The average Bonchev–Trinajstić information content (AvgIpc) is 3.06. The zero-order chi connectivity index (χ0) is 13.9. The zero-order valence-corrected chi connectivity index (χ0v) is 12.2. The van der Waals surface area contributed by atoms with Crippen LogP contribution in [0, 0.1) is 0 Å². The van der Waals surface area contributed by atoms with Gasteiger partial charge in [0.1, 0.15) is 5.03 Å². The molecule has 0 aromatic carbocycles. The third-order valence-electron chi connectivity index (χ3n) is 4.00. The summed E-state index contributed by atoms with van der Waals surface area (Å²) in [6, 6.07) is 0.348. The second kappa shape index (κ2) is 5.99. The molecule has 2 aliphatic rings. The van der Waals surface area contributed by atoms with Crippen molar-refractivity contribution in [1.82, 2.24) is 15.3 Å². The second-order valence-corrected chi connectivity index (χ2v) is 6.46. The molecule has 1 aromatic rings. The van der Waals surface area contributed by atoms with E-state index in [9.17, 15) is 9.59 Å². The van der Waals surface area contributed by atoms with Crippen molar-refractivity contribution in [2.24, 2.45) is 0 Å². The molecule has 1 amide bonds. The van der Waals surface area contributed by atoms with Crippen LogP contribution in [0.3, 0.4) is 0 Å². The van der Waals surface area contributed by atoms with Gasteiger partial charge in [0.25, 0.3) is 0 Å². The van der Waals surface area contributed by atoms with Crippen molar-refractivity contribution in [3.05, 3.63) is 21.7 Å². The topological polar surface area (TPSA) is 74.8 Å². The number of H-pyrrole nitrogens is 1. The molecule has 20 heavy (non-hydrogen) atoms. The highest BCUT2D eigenvalue weighted by Gasteiger charge is 2.20. The molecule has 6 heteroatoms. The van der Waals surface area contributed by atoms with Crippen molar-refractivity contribution < 1.29 is 4.79 Å². The van der Waals surface area contributed by atoms with Crippen LogP contribution in [0.1, 0.15) is 43.4 Å². The second-order valence-electron chi connectivity index (χ2n) is 5.50. The molecule has 0 radical (unpaired) electrons. The van der Waals surface area contributed by atoms with E-state index in [-0.39, 0.29) is 11.6 Å². The van der Waals surface area contributed by atoms with E-state index in [1.165, 1.54) is 24.6 Å². The van der Waals surface area contributed by atoms with Crippen LogP contribution < -0.4 is 11.0 Å². The Morgan fingerprint density at radius 1 is 1.30 bits per heavy atom. The fraction of sp³-hybridized carbons (Fsp3) is 0.643. The van der Waals surface area contributed by atoms with Gasteiger partial charge in [-0.2, -0.15) is 4.98 Å². The number of thioether (sulfide) groups is 1. The molecular weight excluding hydrogens is 274 g/mol. The molecule has 1 saturated carbocycles. The predicted molar refractivity (Wildman–Crippen MR) is 78.0 cm³/mol. The van der Waals surface area contributed by atoms with Crippen molar-refractivity contribution >= 4 is 17.7 Å². The van der Waals surface area contributed by atoms with E-state index in [0.29, 0.717) is 11.8 Å². The molecule has 1 heterocycles. The Hall–Kier alpha value is -1.30. The molecule has 2 N–H and O–H groups in total. The van der Waals surface area contributed by atoms with Gasteiger partial charge in [0.05, 0.1) is 5.75 Å². The van der Waals surface area contributed by atoms with Crippen LogP contribution in [0.5, 0.6) is 0 Å². The summed E-state index contributed by atoms with van der Waals surface area (Å²) >= 11 is 1.39. The Balaban J connectivity index is 1.61. The van der Waals surface area contributed by atoms with E-state index in [1.54, 1.807) is 0 Å². The maximum absolute atomic E-state index is 11.9. The quantitative estimate of drug-likeness (QED) is 0.650. The smallest absolute Gasteiger partial charge is 0.346 e. The number of aromatic amines is 1. The van der Waals surface area contributed by atoms with Crippen molar-refractivity contribution in [2.45, 2.75) is 56.0 Å². The van der Waals surface area contributed by atoms with E-state index in [2.05, 4.69) is 15.3 Å². The Labute approximate surface area is 122 Å². The predicted octanol–water partition coefficient (Wildman–Crippen LogP) is 1.41. The van der Waals surface area contributed by atoms with E-state index in [0.717, 1.165) is 48.4 Å². The minimum absolute atomic E-state index is 0.0516. The molecule has 3 rings (SSSR count). The van der Waals surface area contributed by atoms with E-state index < -0.39 is 0 Å². The lowest BCUT2D eigenvalue weighted by Gasteiger charge is -2.12. The highest BCUT2D eigenvalue weighted by molar-refractivity contribution is 7.99. The number of aryl methyl sites for hydroxylation is 1. The lowest BCUT2D eigenvalue weighted by molar-refractivity contribution is -0.119. The molecule has 2 aliphatic carbocycles. The SMILES string of the molecule is O=C(CSc1nc(=O)[nH]c2c1CCC2)NC1CCCC1. The van der Waals surface area contributed by atoms with Crippen LogP contribution in [-0.4, -0.2) is 27.7 Å². The summed E-state index contributed by atoms with van der Waals surface area (Å²) in [6.45, 7) is 0. The van der Waals surface area contributed by atoms with Crippen LogP contribution in [0.15, 0.2) is 9.82 Å².